The number of carboxylic acid groups (broad SMARTS) is 1. The predicted molar refractivity (Wildman–Crippen MR) is 123 cm³/mol. The zero-order valence-corrected chi connectivity index (χ0v) is 20.1. The number of carbonyl (C=O) groups is 4. The summed E-state index contributed by atoms with van der Waals surface area (Å²) in [4.78, 5) is 53.3. The highest BCUT2D eigenvalue weighted by Crippen LogP contribution is 2.36. The molecule has 2 fully saturated rings. The first-order valence-corrected chi connectivity index (χ1v) is 11.7. The fourth-order valence-corrected chi connectivity index (χ4v) is 4.57. The first kappa shape index (κ1) is 25.5. The van der Waals surface area contributed by atoms with Crippen LogP contribution in [0.15, 0.2) is 30.3 Å². The van der Waals surface area contributed by atoms with Gasteiger partial charge in [-0.15, -0.1) is 0 Å². The second-order valence-corrected chi connectivity index (χ2v) is 10.0. The van der Waals surface area contributed by atoms with Crippen molar-refractivity contribution in [2.45, 2.75) is 70.6 Å². The number of aliphatic carboxylic acids is 1. The average Bonchev–Trinajstić information content (AvgIpc) is 3.22. The molecule has 1 aromatic rings. The smallest absolute Gasteiger partial charge is 0.411 e. The molecule has 2 aliphatic heterocycles. The first-order valence-electron chi connectivity index (χ1n) is 11.7. The zero-order valence-electron chi connectivity index (χ0n) is 20.1. The Balaban J connectivity index is 1.56. The number of ether oxygens (including phenoxy) is 2. The number of carboxylic acids is 1. The number of hydrogen-bond acceptors (Lipinski definition) is 6. The van der Waals surface area contributed by atoms with Crippen molar-refractivity contribution >= 4 is 23.9 Å². The number of ketones is 1. The van der Waals surface area contributed by atoms with Crippen LogP contribution in [-0.2, 0) is 25.7 Å². The molecule has 0 aromatic heterocycles. The third kappa shape index (κ3) is 6.07. The number of likely N-dealkylation sites (tertiary alicyclic amines) is 2. The van der Waals surface area contributed by atoms with Gasteiger partial charge in [-0.25, -0.2) is 14.4 Å². The number of piperidine rings is 1. The van der Waals surface area contributed by atoms with Crippen LogP contribution in [0.5, 0.6) is 0 Å². The molecule has 1 unspecified atom stereocenters. The molecule has 0 aliphatic carbocycles. The van der Waals surface area contributed by atoms with Crippen LogP contribution in [0.3, 0.4) is 0 Å². The molecule has 9 nitrogen and oxygen atoms in total. The third-order valence-electron chi connectivity index (χ3n) is 6.38. The van der Waals surface area contributed by atoms with Crippen molar-refractivity contribution < 1.29 is 33.8 Å². The van der Waals surface area contributed by atoms with E-state index in [1.165, 1.54) is 4.90 Å². The summed E-state index contributed by atoms with van der Waals surface area (Å²) in [5.74, 6) is -1.75. The van der Waals surface area contributed by atoms with Gasteiger partial charge in [0.15, 0.2) is 5.54 Å². The van der Waals surface area contributed by atoms with Gasteiger partial charge in [-0.2, -0.15) is 0 Å². The lowest BCUT2D eigenvalue weighted by molar-refractivity contribution is -0.152. The van der Waals surface area contributed by atoms with Crippen molar-refractivity contribution in [1.82, 2.24) is 9.80 Å². The van der Waals surface area contributed by atoms with Gasteiger partial charge >= 0.3 is 18.2 Å². The Labute approximate surface area is 200 Å². The van der Waals surface area contributed by atoms with Crippen molar-refractivity contribution in [2.24, 2.45) is 5.92 Å². The van der Waals surface area contributed by atoms with Gasteiger partial charge in [0.1, 0.15) is 18.0 Å². The SMILES string of the molecule is CC(C)(C)OC(=O)N1CCCC1(CC(=O)C1CCN(C(=O)OCc2ccccc2)CC1)C(=O)O. The van der Waals surface area contributed by atoms with Gasteiger partial charge in [-0.1, -0.05) is 30.3 Å². The van der Waals surface area contributed by atoms with Crippen molar-refractivity contribution in [1.29, 1.82) is 0 Å². The standard InChI is InChI=1S/C25H34N2O7/c1-24(2,3)34-23(32)27-13-7-12-25(27,21(29)30)16-20(28)19-10-14-26(15-11-19)22(31)33-17-18-8-5-4-6-9-18/h4-6,8-9,19H,7,10-17H2,1-3H3,(H,29,30). The molecule has 34 heavy (non-hydrogen) atoms. The molecule has 1 aromatic carbocycles. The van der Waals surface area contributed by atoms with Crippen molar-refractivity contribution in [2.75, 3.05) is 19.6 Å². The molecule has 3 rings (SSSR count). The van der Waals surface area contributed by atoms with Crippen LogP contribution in [0.4, 0.5) is 9.59 Å². The molecule has 2 heterocycles. The number of Topliss-reactive ketones (excluding diaryl/α,β-unsaturated/α-hetero) is 1. The summed E-state index contributed by atoms with van der Waals surface area (Å²) in [5.41, 5.74) is -1.47. The van der Waals surface area contributed by atoms with E-state index in [1.807, 2.05) is 30.3 Å². The normalized spacial score (nSPS) is 21.3. The predicted octanol–water partition coefficient (Wildman–Crippen LogP) is 3.85. The molecular formula is C25H34N2O7. The van der Waals surface area contributed by atoms with E-state index >= 15 is 0 Å². The average molecular weight is 475 g/mol. The van der Waals surface area contributed by atoms with E-state index in [1.54, 1.807) is 25.7 Å². The molecule has 0 spiro atoms. The summed E-state index contributed by atoms with van der Waals surface area (Å²) in [5, 5.41) is 10.0. The first-order chi connectivity index (χ1) is 16.0. The Morgan fingerprint density at radius 1 is 1.03 bits per heavy atom. The van der Waals surface area contributed by atoms with E-state index in [-0.39, 0.29) is 37.7 Å². The van der Waals surface area contributed by atoms with Gasteiger partial charge in [-0.05, 0) is 52.0 Å². The lowest BCUT2D eigenvalue weighted by atomic mass is 9.82. The molecule has 2 aliphatic rings. The van der Waals surface area contributed by atoms with E-state index in [9.17, 15) is 24.3 Å². The fraction of sp³-hybridized carbons (Fsp3) is 0.600. The minimum Gasteiger partial charge on any atom is -0.479 e. The van der Waals surface area contributed by atoms with Gasteiger partial charge in [0.05, 0.1) is 0 Å². The minimum absolute atomic E-state index is 0.181. The highest BCUT2D eigenvalue weighted by Gasteiger charge is 2.53. The molecule has 0 bridgehead atoms. The molecule has 0 radical (unpaired) electrons. The highest BCUT2D eigenvalue weighted by molar-refractivity contribution is 5.93. The Hall–Kier alpha value is -3.10. The quantitative estimate of drug-likeness (QED) is 0.666. The van der Waals surface area contributed by atoms with E-state index in [2.05, 4.69) is 0 Å². The fourth-order valence-electron chi connectivity index (χ4n) is 4.57. The highest BCUT2D eigenvalue weighted by atomic mass is 16.6. The van der Waals surface area contributed by atoms with E-state index in [4.69, 9.17) is 9.47 Å². The van der Waals surface area contributed by atoms with Gasteiger partial charge in [0.2, 0.25) is 0 Å². The second-order valence-electron chi connectivity index (χ2n) is 10.0. The van der Waals surface area contributed by atoms with Gasteiger partial charge in [0, 0.05) is 32.0 Å². The van der Waals surface area contributed by atoms with Crippen LogP contribution >= 0.6 is 0 Å². The molecule has 1 atom stereocenters. The number of rotatable bonds is 6. The van der Waals surface area contributed by atoms with Gasteiger partial charge in [0.25, 0.3) is 0 Å². The van der Waals surface area contributed by atoms with Gasteiger partial charge in [-0.3, -0.25) is 9.69 Å². The molecule has 2 amide bonds. The van der Waals surface area contributed by atoms with Crippen molar-refractivity contribution in [3.05, 3.63) is 35.9 Å². The summed E-state index contributed by atoms with van der Waals surface area (Å²) in [6.45, 7) is 6.29. The maximum atomic E-state index is 13.1. The lowest BCUT2D eigenvalue weighted by Crippen LogP contribution is -2.56. The maximum absolute atomic E-state index is 13.1. The number of benzene rings is 1. The maximum Gasteiger partial charge on any atom is 0.411 e. The van der Waals surface area contributed by atoms with Crippen LogP contribution in [0.2, 0.25) is 0 Å². The van der Waals surface area contributed by atoms with E-state index in [0.29, 0.717) is 32.4 Å². The number of nitrogens with zero attached hydrogens (tertiary/aromatic N) is 2. The molecule has 9 heteroatoms. The van der Waals surface area contributed by atoms with Crippen LogP contribution in [0, 0.1) is 5.92 Å². The van der Waals surface area contributed by atoms with Crippen LogP contribution < -0.4 is 0 Å². The zero-order chi connectivity index (χ0) is 24.9. The topological polar surface area (TPSA) is 113 Å². The minimum atomic E-state index is -1.59. The largest absolute Gasteiger partial charge is 0.479 e. The van der Waals surface area contributed by atoms with Crippen LogP contribution in [0.1, 0.15) is 58.4 Å². The molecule has 1 N–H and O–H groups in total. The van der Waals surface area contributed by atoms with E-state index in [0.717, 1.165) is 5.56 Å². The number of hydrogen-bond donors (Lipinski definition) is 1. The molecule has 2 saturated heterocycles. The summed E-state index contributed by atoms with van der Waals surface area (Å²) in [7, 11) is 0. The van der Waals surface area contributed by atoms with Crippen molar-refractivity contribution in [3.63, 3.8) is 0 Å². The van der Waals surface area contributed by atoms with Crippen molar-refractivity contribution in [3.8, 4) is 0 Å². The Morgan fingerprint density at radius 2 is 1.68 bits per heavy atom. The summed E-state index contributed by atoms with van der Waals surface area (Å²) in [6, 6.07) is 9.39. The van der Waals surface area contributed by atoms with E-state index < -0.39 is 29.3 Å². The lowest BCUT2D eigenvalue weighted by Gasteiger charge is -2.37. The Bertz CT molecular complexity index is 904. The number of amides is 2. The summed E-state index contributed by atoms with van der Waals surface area (Å²) in [6.07, 6.45) is 0.163. The molecule has 0 saturated carbocycles. The van der Waals surface area contributed by atoms with Crippen LogP contribution in [-0.4, -0.2) is 69.6 Å². The monoisotopic (exact) mass is 474 g/mol. The Morgan fingerprint density at radius 3 is 2.26 bits per heavy atom. The second kappa shape index (κ2) is 10.4. The number of carbonyl (C=O) groups excluding carboxylic acids is 3. The molecule has 186 valence electrons. The molecular weight excluding hydrogens is 440 g/mol. The third-order valence-corrected chi connectivity index (χ3v) is 6.38. The van der Waals surface area contributed by atoms with Gasteiger partial charge < -0.3 is 19.5 Å². The van der Waals surface area contributed by atoms with Crippen LogP contribution in [0.25, 0.3) is 0 Å². The summed E-state index contributed by atoms with van der Waals surface area (Å²) >= 11 is 0. The Kier molecular flexibility index (Phi) is 7.84. The summed E-state index contributed by atoms with van der Waals surface area (Å²) < 4.78 is 10.8.